The number of hydrogen-bond acceptors (Lipinski definition) is 3. The van der Waals surface area contributed by atoms with Gasteiger partial charge in [-0.05, 0) is 50.5 Å². The molecule has 0 aliphatic carbocycles. The largest absolute Gasteiger partial charge is 0.478 e. The van der Waals surface area contributed by atoms with Crippen LogP contribution < -0.4 is 10.6 Å². The minimum Gasteiger partial charge on any atom is -0.478 e. The lowest BCUT2D eigenvalue weighted by Crippen LogP contribution is -2.46. The van der Waals surface area contributed by atoms with Crippen molar-refractivity contribution in [2.24, 2.45) is 11.7 Å². The number of carboxylic acids is 1. The number of nitrogens with two attached hydrogens (primary N) is 1. The molecule has 1 aromatic rings. The van der Waals surface area contributed by atoms with E-state index in [9.17, 15) is 9.59 Å². The van der Waals surface area contributed by atoms with E-state index < -0.39 is 5.97 Å². The van der Waals surface area contributed by atoms with Crippen LogP contribution in [0, 0.1) is 12.8 Å². The molecule has 1 aliphatic heterocycles. The van der Waals surface area contributed by atoms with E-state index >= 15 is 0 Å². The zero-order valence-electron chi connectivity index (χ0n) is 11.8. The molecule has 0 saturated carbocycles. The van der Waals surface area contributed by atoms with Gasteiger partial charge in [-0.25, -0.2) is 4.79 Å². The molecule has 1 fully saturated rings. The molecule has 5 heteroatoms. The highest BCUT2D eigenvalue weighted by Gasteiger charge is 2.29. The quantitative estimate of drug-likeness (QED) is 0.881. The molecule has 0 bridgehead atoms. The average Bonchev–Trinajstić information content (AvgIpc) is 2.39. The molecular weight excluding hydrogens is 256 g/mol. The topological polar surface area (TPSA) is 83.6 Å². The number of carbonyl (C=O) groups excluding carboxylic acids is 1. The minimum absolute atomic E-state index is 0.134. The number of rotatable bonds is 3. The number of carboxylic acid groups (broad SMARTS) is 1. The van der Waals surface area contributed by atoms with Crippen molar-refractivity contribution in [3.05, 3.63) is 29.3 Å². The molecular formula is C15H20N2O3. The van der Waals surface area contributed by atoms with E-state index in [1.165, 1.54) is 0 Å². The lowest BCUT2D eigenvalue weighted by molar-refractivity contribution is -0.122. The van der Waals surface area contributed by atoms with Crippen molar-refractivity contribution in [2.75, 3.05) is 11.4 Å². The van der Waals surface area contributed by atoms with Crippen molar-refractivity contribution in [3.63, 3.8) is 0 Å². The Morgan fingerprint density at radius 2 is 2.05 bits per heavy atom. The van der Waals surface area contributed by atoms with Crippen LogP contribution in [0.3, 0.4) is 0 Å². The first-order valence-corrected chi connectivity index (χ1v) is 6.80. The van der Waals surface area contributed by atoms with Gasteiger partial charge in [0.25, 0.3) is 0 Å². The third-order valence-electron chi connectivity index (χ3n) is 4.04. The Morgan fingerprint density at radius 1 is 1.35 bits per heavy atom. The van der Waals surface area contributed by atoms with Gasteiger partial charge in [-0.2, -0.15) is 0 Å². The van der Waals surface area contributed by atoms with E-state index in [-0.39, 0.29) is 17.4 Å². The summed E-state index contributed by atoms with van der Waals surface area (Å²) in [5.74, 6) is -1.33. The van der Waals surface area contributed by atoms with Gasteiger partial charge in [0.2, 0.25) is 5.91 Å². The number of hydrogen-bond donors (Lipinski definition) is 2. The van der Waals surface area contributed by atoms with Crippen molar-refractivity contribution in [2.45, 2.75) is 32.7 Å². The van der Waals surface area contributed by atoms with Crippen LogP contribution in [0.2, 0.25) is 0 Å². The molecule has 2 rings (SSSR count). The lowest BCUT2D eigenvalue weighted by Gasteiger charge is -2.39. The summed E-state index contributed by atoms with van der Waals surface area (Å²) in [6.07, 6.45) is 1.73. The van der Waals surface area contributed by atoms with Crippen LogP contribution in [0.1, 0.15) is 35.7 Å². The summed E-state index contributed by atoms with van der Waals surface area (Å²) in [6, 6.07) is 5.40. The number of amides is 1. The number of primary amides is 1. The summed E-state index contributed by atoms with van der Waals surface area (Å²) < 4.78 is 0. The van der Waals surface area contributed by atoms with Crippen molar-refractivity contribution < 1.29 is 14.7 Å². The van der Waals surface area contributed by atoms with Crippen molar-refractivity contribution >= 4 is 17.6 Å². The lowest BCUT2D eigenvalue weighted by atomic mass is 9.91. The van der Waals surface area contributed by atoms with Gasteiger partial charge in [0.05, 0.1) is 11.5 Å². The van der Waals surface area contributed by atoms with E-state index in [1.54, 1.807) is 12.1 Å². The van der Waals surface area contributed by atoms with Crippen LogP contribution in [0.5, 0.6) is 0 Å². The van der Waals surface area contributed by atoms with Gasteiger partial charge in [0.1, 0.15) is 0 Å². The monoisotopic (exact) mass is 276 g/mol. The summed E-state index contributed by atoms with van der Waals surface area (Å²) >= 11 is 0. The molecule has 1 saturated heterocycles. The fourth-order valence-corrected chi connectivity index (χ4v) is 2.79. The Morgan fingerprint density at radius 3 is 2.60 bits per heavy atom. The second-order valence-electron chi connectivity index (χ2n) is 5.48. The summed E-state index contributed by atoms with van der Waals surface area (Å²) in [6.45, 7) is 4.61. The summed E-state index contributed by atoms with van der Waals surface area (Å²) in [4.78, 5) is 24.5. The van der Waals surface area contributed by atoms with E-state index in [0.717, 1.165) is 24.1 Å². The number of anilines is 1. The predicted octanol–water partition coefficient (Wildman–Crippen LogP) is 1.78. The number of aromatic carboxylic acids is 1. The fourth-order valence-electron chi connectivity index (χ4n) is 2.79. The van der Waals surface area contributed by atoms with Crippen LogP contribution in [0.4, 0.5) is 5.69 Å². The highest BCUT2D eigenvalue weighted by Crippen LogP contribution is 2.30. The maximum atomic E-state index is 11.4. The average molecular weight is 276 g/mol. The molecule has 2 atom stereocenters. The Kier molecular flexibility index (Phi) is 3.97. The third kappa shape index (κ3) is 2.76. The Balaban J connectivity index is 2.29. The van der Waals surface area contributed by atoms with Crippen LogP contribution in [0.15, 0.2) is 18.2 Å². The van der Waals surface area contributed by atoms with Gasteiger partial charge in [0.15, 0.2) is 0 Å². The number of piperidine rings is 1. The number of carbonyl (C=O) groups is 2. The first kappa shape index (κ1) is 14.4. The Bertz CT molecular complexity index is 542. The molecule has 2 unspecified atom stereocenters. The molecule has 0 aromatic heterocycles. The van der Waals surface area contributed by atoms with E-state index in [4.69, 9.17) is 10.8 Å². The van der Waals surface area contributed by atoms with E-state index in [1.807, 2.05) is 13.0 Å². The fraction of sp³-hybridized carbons (Fsp3) is 0.467. The van der Waals surface area contributed by atoms with E-state index in [2.05, 4.69) is 11.8 Å². The summed E-state index contributed by atoms with van der Waals surface area (Å²) in [7, 11) is 0. The van der Waals surface area contributed by atoms with Gasteiger partial charge >= 0.3 is 5.97 Å². The zero-order valence-corrected chi connectivity index (χ0v) is 11.8. The van der Waals surface area contributed by atoms with Gasteiger partial charge in [-0.3, -0.25) is 4.79 Å². The SMILES string of the molecule is Cc1cc(C(=O)O)ccc1N1CC(C(N)=O)CCC1C. The molecule has 108 valence electrons. The Hall–Kier alpha value is -2.04. The van der Waals surface area contributed by atoms with Crippen molar-refractivity contribution in [1.82, 2.24) is 0 Å². The molecule has 5 nitrogen and oxygen atoms in total. The zero-order chi connectivity index (χ0) is 14.9. The highest BCUT2D eigenvalue weighted by atomic mass is 16.4. The maximum Gasteiger partial charge on any atom is 0.335 e. The standard InChI is InChI=1S/C15H20N2O3/c1-9-7-11(15(19)20)5-6-13(9)17-8-12(14(16)18)4-3-10(17)2/h5-7,10,12H,3-4,8H2,1-2H3,(H2,16,18)(H,19,20). The summed E-state index contributed by atoms with van der Waals surface area (Å²) in [5, 5.41) is 9.00. The van der Waals surface area contributed by atoms with Crippen LogP contribution >= 0.6 is 0 Å². The smallest absolute Gasteiger partial charge is 0.335 e. The first-order chi connectivity index (χ1) is 9.40. The molecule has 20 heavy (non-hydrogen) atoms. The van der Waals surface area contributed by atoms with Crippen molar-refractivity contribution in [3.8, 4) is 0 Å². The molecule has 1 amide bonds. The second kappa shape index (κ2) is 5.53. The van der Waals surface area contributed by atoms with Gasteiger partial charge < -0.3 is 15.7 Å². The Labute approximate surface area is 118 Å². The molecule has 0 spiro atoms. The highest BCUT2D eigenvalue weighted by molar-refractivity contribution is 5.88. The number of nitrogens with zero attached hydrogens (tertiary/aromatic N) is 1. The normalized spacial score (nSPS) is 22.6. The minimum atomic E-state index is -0.929. The molecule has 1 heterocycles. The second-order valence-corrected chi connectivity index (χ2v) is 5.48. The molecule has 1 aliphatic rings. The number of aryl methyl sites for hydroxylation is 1. The molecule has 0 radical (unpaired) electrons. The first-order valence-electron chi connectivity index (χ1n) is 6.80. The van der Waals surface area contributed by atoms with Gasteiger partial charge in [-0.15, -0.1) is 0 Å². The number of benzene rings is 1. The van der Waals surface area contributed by atoms with Gasteiger partial charge in [-0.1, -0.05) is 0 Å². The van der Waals surface area contributed by atoms with Crippen molar-refractivity contribution in [1.29, 1.82) is 0 Å². The van der Waals surface area contributed by atoms with Crippen LogP contribution in [-0.2, 0) is 4.79 Å². The molecule has 1 aromatic carbocycles. The molecule has 3 N–H and O–H groups in total. The van der Waals surface area contributed by atoms with Crippen LogP contribution in [-0.4, -0.2) is 29.6 Å². The maximum absolute atomic E-state index is 11.4. The predicted molar refractivity (Wildman–Crippen MR) is 76.9 cm³/mol. The van der Waals surface area contributed by atoms with Gasteiger partial charge in [0, 0.05) is 18.3 Å². The third-order valence-corrected chi connectivity index (χ3v) is 4.04. The van der Waals surface area contributed by atoms with E-state index in [0.29, 0.717) is 12.6 Å². The summed E-state index contributed by atoms with van der Waals surface area (Å²) in [5.41, 5.74) is 7.58. The van der Waals surface area contributed by atoms with Crippen LogP contribution in [0.25, 0.3) is 0 Å².